The van der Waals surface area contributed by atoms with Crippen molar-refractivity contribution in [1.29, 1.82) is 0 Å². The van der Waals surface area contributed by atoms with Gasteiger partial charge in [-0.1, -0.05) is 32.4 Å². The fourth-order valence-corrected chi connectivity index (χ4v) is 2.74. The van der Waals surface area contributed by atoms with Crippen molar-refractivity contribution in [3.05, 3.63) is 28.8 Å². The highest BCUT2D eigenvalue weighted by atomic mass is 16.5. The van der Waals surface area contributed by atoms with Crippen molar-refractivity contribution in [3.63, 3.8) is 0 Å². The smallest absolute Gasteiger partial charge is 0.128 e. The first-order valence-corrected chi connectivity index (χ1v) is 8.09. The van der Waals surface area contributed by atoms with Crippen LogP contribution in [0.5, 0.6) is 5.75 Å². The van der Waals surface area contributed by atoms with Crippen LogP contribution in [0.15, 0.2) is 12.1 Å². The van der Waals surface area contributed by atoms with Crippen LogP contribution in [0.3, 0.4) is 0 Å². The molecular formula is C18H32N2O2. The molecule has 0 bridgehead atoms. The largest absolute Gasteiger partial charge is 0.493 e. The van der Waals surface area contributed by atoms with Crippen molar-refractivity contribution in [2.75, 3.05) is 20.2 Å². The molecule has 0 aromatic heterocycles. The lowest BCUT2D eigenvalue weighted by Crippen LogP contribution is -2.34. The van der Waals surface area contributed by atoms with Gasteiger partial charge < -0.3 is 20.9 Å². The number of hydrogen-bond acceptors (Lipinski definition) is 4. The van der Waals surface area contributed by atoms with E-state index in [1.807, 2.05) is 20.0 Å². The minimum Gasteiger partial charge on any atom is -0.493 e. The summed E-state index contributed by atoms with van der Waals surface area (Å²) in [7, 11) is 1.85. The van der Waals surface area contributed by atoms with Crippen LogP contribution in [0.1, 0.15) is 56.9 Å². The van der Waals surface area contributed by atoms with Gasteiger partial charge in [-0.05, 0) is 45.3 Å². The molecule has 126 valence electrons. The van der Waals surface area contributed by atoms with Gasteiger partial charge in [0.25, 0.3) is 0 Å². The zero-order chi connectivity index (χ0) is 16.9. The summed E-state index contributed by atoms with van der Waals surface area (Å²) < 4.78 is 5.92. The molecule has 0 saturated heterocycles. The zero-order valence-electron chi connectivity index (χ0n) is 14.9. The number of likely N-dealkylation sites (N-methyl/N-ethyl adjacent to an activating group) is 1. The molecule has 0 saturated carbocycles. The molecule has 0 heterocycles. The molecule has 4 nitrogen and oxygen atoms in total. The Morgan fingerprint density at radius 1 is 1.32 bits per heavy atom. The third-order valence-corrected chi connectivity index (χ3v) is 3.91. The van der Waals surface area contributed by atoms with Crippen LogP contribution >= 0.6 is 0 Å². The lowest BCUT2D eigenvalue weighted by Gasteiger charge is -2.29. The average molecular weight is 308 g/mol. The van der Waals surface area contributed by atoms with E-state index >= 15 is 0 Å². The standard InChI is InChI=1S/C18H32N2O2/c1-7-22-17-13(16(21)15(20-6)8-9-19)10-12(2)11-14(17)18(3,4)5/h10-11,15-16,20-21H,7-9,19H2,1-6H3. The second kappa shape index (κ2) is 7.95. The molecule has 2 atom stereocenters. The summed E-state index contributed by atoms with van der Waals surface area (Å²) in [5.41, 5.74) is 8.72. The Hall–Kier alpha value is -1.10. The van der Waals surface area contributed by atoms with Crippen LogP contribution in [0.2, 0.25) is 0 Å². The fourth-order valence-electron chi connectivity index (χ4n) is 2.74. The topological polar surface area (TPSA) is 67.5 Å². The number of hydrogen-bond donors (Lipinski definition) is 3. The summed E-state index contributed by atoms with van der Waals surface area (Å²) in [5, 5.41) is 14.0. The molecule has 0 aliphatic heterocycles. The Bertz CT molecular complexity index is 481. The molecule has 4 N–H and O–H groups in total. The van der Waals surface area contributed by atoms with Crippen molar-refractivity contribution in [3.8, 4) is 5.75 Å². The van der Waals surface area contributed by atoms with Crippen molar-refractivity contribution >= 4 is 0 Å². The van der Waals surface area contributed by atoms with Gasteiger partial charge in [-0.3, -0.25) is 0 Å². The Balaban J connectivity index is 3.41. The number of nitrogens with one attached hydrogen (secondary N) is 1. The lowest BCUT2D eigenvalue weighted by atomic mass is 9.82. The van der Waals surface area contributed by atoms with Gasteiger partial charge in [-0.2, -0.15) is 0 Å². The maximum atomic E-state index is 10.8. The van der Waals surface area contributed by atoms with E-state index in [1.54, 1.807) is 0 Å². The van der Waals surface area contributed by atoms with Crippen molar-refractivity contribution in [1.82, 2.24) is 5.32 Å². The van der Waals surface area contributed by atoms with E-state index in [0.717, 1.165) is 22.4 Å². The lowest BCUT2D eigenvalue weighted by molar-refractivity contribution is 0.124. The normalized spacial score (nSPS) is 14.7. The molecule has 2 unspecified atom stereocenters. The second-order valence-corrected chi connectivity index (χ2v) is 6.83. The van der Waals surface area contributed by atoms with Crippen LogP contribution in [0, 0.1) is 6.92 Å². The zero-order valence-corrected chi connectivity index (χ0v) is 14.9. The molecule has 0 spiro atoms. The first-order valence-electron chi connectivity index (χ1n) is 8.09. The van der Waals surface area contributed by atoms with Crippen LogP contribution in [-0.4, -0.2) is 31.3 Å². The predicted octanol–water partition coefficient (Wildman–Crippen LogP) is 2.66. The SMILES string of the molecule is CCOc1c(C(O)C(CCN)NC)cc(C)cc1C(C)(C)C. The van der Waals surface area contributed by atoms with Crippen LogP contribution < -0.4 is 15.8 Å². The first-order chi connectivity index (χ1) is 10.3. The Kier molecular flexibility index (Phi) is 6.85. The van der Waals surface area contributed by atoms with Crippen molar-refractivity contribution in [2.45, 2.75) is 58.6 Å². The van der Waals surface area contributed by atoms with E-state index < -0.39 is 6.10 Å². The molecule has 1 aromatic carbocycles. The number of rotatable bonds is 7. The van der Waals surface area contributed by atoms with E-state index in [9.17, 15) is 5.11 Å². The van der Waals surface area contributed by atoms with Gasteiger partial charge >= 0.3 is 0 Å². The quantitative estimate of drug-likeness (QED) is 0.724. The average Bonchev–Trinajstić information content (AvgIpc) is 2.44. The van der Waals surface area contributed by atoms with Gasteiger partial charge in [0.15, 0.2) is 0 Å². The van der Waals surface area contributed by atoms with Crippen LogP contribution in [0.4, 0.5) is 0 Å². The highest BCUT2D eigenvalue weighted by Gasteiger charge is 2.28. The minimum atomic E-state index is -0.643. The van der Waals surface area contributed by atoms with Gasteiger partial charge in [-0.25, -0.2) is 0 Å². The number of aliphatic hydroxyl groups excluding tert-OH is 1. The summed E-state index contributed by atoms with van der Waals surface area (Å²) in [6.07, 6.45) is 0.0678. The number of aryl methyl sites for hydroxylation is 1. The maximum absolute atomic E-state index is 10.8. The van der Waals surface area contributed by atoms with Crippen LogP contribution in [-0.2, 0) is 5.41 Å². The monoisotopic (exact) mass is 308 g/mol. The summed E-state index contributed by atoms with van der Waals surface area (Å²) in [6.45, 7) is 11.6. The minimum absolute atomic E-state index is 0.0476. The maximum Gasteiger partial charge on any atom is 0.128 e. The predicted molar refractivity (Wildman–Crippen MR) is 92.5 cm³/mol. The molecule has 0 fully saturated rings. The van der Waals surface area contributed by atoms with E-state index in [1.165, 1.54) is 0 Å². The third kappa shape index (κ3) is 4.45. The third-order valence-electron chi connectivity index (χ3n) is 3.91. The van der Waals surface area contributed by atoms with Gasteiger partial charge in [-0.15, -0.1) is 0 Å². The molecule has 0 radical (unpaired) electrons. The van der Waals surface area contributed by atoms with E-state index in [-0.39, 0.29) is 11.5 Å². The first kappa shape index (κ1) is 18.9. The highest BCUT2D eigenvalue weighted by Crippen LogP contribution is 2.39. The molecule has 1 aromatic rings. The molecular weight excluding hydrogens is 276 g/mol. The Morgan fingerprint density at radius 2 is 1.95 bits per heavy atom. The van der Waals surface area contributed by atoms with E-state index in [0.29, 0.717) is 19.6 Å². The van der Waals surface area contributed by atoms with Crippen molar-refractivity contribution in [2.24, 2.45) is 5.73 Å². The molecule has 22 heavy (non-hydrogen) atoms. The van der Waals surface area contributed by atoms with Gasteiger partial charge in [0, 0.05) is 17.2 Å². The number of aliphatic hydroxyl groups is 1. The van der Waals surface area contributed by atoms with Gasteiger partial charge in [0.2, 0.25) is 0 Å². The fraction of sp³-hybridized carbons (Fsp3) is 0.667. The summed E-state index contributed by atoms with van der Waals surface area (Å²) >= 11 is 0. The molecule has 1 rings (SSSR count). The molecule has 4 heteroatoms. The number of nitrogens with two attached hydrogens (primary N) is 1. The van der Waals surface area contributed by atoms with Crippen LogP contribution in [0.25, 0.3) is 0 Å². The number of ether oxygens (including phenoxy) is 1. The molecule has 0 amide bonds. The van der Waals surface area contributed by atoms with Gasteiger partial charge in [0.05, 0.1) is 12.7 Å². The van der Waals surface area contributed by atoms with E-state index in [4.69, 9.17) is 10.5 Å². The Labute approximate surface area is 135 Å². The second-order valence-electron chi connectivity index (χ2n) is 6.83. The summed E-state index contributed by atoms with van der Waals surface area (Å²) in [6, 6.07) is 4.09. The van der Waals surface area contributed by atoms with Crippen molar-refractivity contribution < 1.29 is 9.84 Å². The summed E-state index contributed by atoms with van der Waals surface area (Å²) in [4.78, 5) is 0. The molecule has 0 aliphatic carbocycles. The Morgan fingerprint density at radius 3 is 2.41 bits per heavy atom. The number of benzene rings is 1. The molecule has 0 aliphatic rings. The summed E-state index contributed by atoms with van der Waals surface area (Å²) in [5.74, 6) is 0.811. The van der Waals surface area contributed by atoms with E-state index in [2.05, 4.69) is 39.1 Å². The highest BCUT2D eigenvalue weighted by molar-refractivity contribution is 5.49. The van der Waals surface area contributed by atoms with Gasteiger partial charge in [0.1, 0.15) is 5.75 Å².